The van der Waals surface area contributed by atoms with Crippen molar-refractivity contribution in [1.29, 1.82) is 0 Å². The van der Waals surface area contributed by atoms with Crippen LogP contribution < -0.4 is 5.48 Å². The van der Waals surface area contributed by atoms with Crippen LogP contribution in [0.1, 0.15) is 12.5 Å². The molecule has 0 bridgehead atoms. The molecule has 0 aromatic heterocycles. The molecule has 1 unspecified atom stereocenters. The van der Waals surface area contributed by atoms with Gasteiger partial charge in [-0.15, -0.1) is 0 Å². The monoisotopic (exact) mass is 287 g/mol. The van der Waals surface area contributed by atoms with E-state index in [1.165, 1.54) is 14.0 Å². The van der Waals surface area contributed by atoms with Crippen LogP contribution in [0.25, 0.3) is 0 Å². The summed E-state index contributed by atoms with van der Waals surface area (Å²) >= 11 is 11.8. The maximum atomic E-state index is 11.9. The van der Waals surface area contributed by atoms with Crippen LogP contribution in [0.3, 0.4) is 0 Å². The van der Waals surface area contributed by atoms with Gasteiger partial charge in [-0.1, -0.05) is 23.2 Å². The Kier molecular flexibility index (Phi) is 3.33. The number of hydroxylamine groups is 1. The molecule has 18 heavy (non-hydrogen) atoms. The average molecular weight is 288 g/mol. The number of carbonyl (C=O) groups excluding carboxylic acids is 1. The molecule has 1 aliphatic rings. The van der Waals surface area contributed by atoms with Crippen molar-refractivity contribution in [2.24, 2.45) is 5.10 Å². The lowest BCUT2D eigenvalue weighted by atomic mass is 9.91. The molecule has 1 aromatic carbocycles. The van der Waals surface area contributed by atoms with Gasteiger partial charge in [0.05, 0.1) is 0 Å². The summed E-state index contributed by atoms with van der Waals surface area (Å²) in [6, 6.07) is 4.85. The second-order valence-electron chi connectivity index (χ2n) is 4.17. The van der Waals surface area contributed by atoms with Crippen LogP contribution in [0.4, 0.5) is 0 Å². The number of nitrogens with one attached hydrogen (secondary N) is 1. The molecule has 0 saturated heterocycles. The number of hydrazone groups is 1. The molecule has 1 amide bonds. The SMILES string of the molecule is CN1N=C(c2cc(Cl)cc(Cl)c2)C(C)(NO)C1=O. The summed E-state index contributed by atoms with van der Waals surface area (Å²) in [4.78, 5) is 11.9. The van der Waals surface area contributed by atoms with Crippen molar-refractivity contribution in [3.05, 3.63) is 33.8 Å². The molecule has 1 heterocycles. The summed E-state index contributed by atoms with van der Waals surface area (Å²) in [5, 5.41) is 15.4. The van der Waals surface area contributed by atoms with Crippen molar-refractivity contribution in [3.8, 4) is 0 Å². The third-order valence-corrected chi connectivity index (χ3v) is 3.24. The minimum absolute atomic E-state index is 0.363. The zero-order valence-electron chi connectivity index (χ0n) is 9.74. The van der Waals surface area contributed by atoms with Crippen LogP contribution in [0.5, 0.6) is 0 Å². The van der Waals surface area contributed by atoms with Crippen LogP contribution in [-0.2, 0) is 4.79 Å². The molecular formula is C11H11Cl2N3O2. The maximum absolute atomic E-state index is 11.9. The second-order valence-corrected chi connectivity index (χ2v) is 5.05. The zero-order chi connectivity index (χ0) is 13.5. The number of carbonyl (C=O) groups is 1. The van der Waals surface area contributed by atoms with Crippen LogP contribution in [-0.4, -0.2) is 34.4 Å². The Bertz CT molecular complexity index is 527. The third kappa shape index (κ3) is 1.99. The third-order valence-electron chi connectivity index (χ3n) is 2.80. The van der Waals surface area contributed by atoms with Crippen LogP contribution in [0.2, 0.25) is 10.0 Å². The molecule has 96 valence electrons. The molecule has 5 nitrogen and oxygen atoms in total. The number of hydrogen-bond donors (Lipinski definition) is 2. The molecule has 7 heteroatoms. The summed E-state index contributed by atoms with van der Waals surface area (Å²) in [7, 11) is 1.51. The first-order valence-corrected chi connectivity index (χ1v) is 5.89. The highest BCUT2D eigenvalue weighted by molar-refractivity contribution is 6.36. The molecule has 0 aliphatic carbocycles. The van der Waals surface area contributed by atoms with E-state index in [-0.39, 0.29) is 5.91 Å². The highest BCUT2D eigenvalue weighted by Crippen LogP contribution is 2.27. The largest absolute Gasteiger partial charge is 0.315 e. The minimum atomic E-state index is -1.30. The molecular weight excluding hydrogens is 277 g/mol. The van der Waals surface area contributed by atoms with Crippen molar-refractivity contribution < 1.29 is 10.0 Å². The summed E-state index contributed by atoms with van der Waals surface area (Å²) in [5.41, 5.74) is 1.64. The quantitative estimate of drug-likeness (QED) is 0.817. The van der Waals surface area contributed by atoms with Crippen LogP contribution >= 0.6 is 23.2 Å². The van der Waals surface area contributed by atoms with Crippen molar-refractivity contribution >= 4 is 34.8 Å². The minimum Gasteiger partial charge on any atom is -0.315 e. The van der Waals surface area contributed by atoms with Gasteiger partial charge in [0.1, 0.15) is 5.71 Å². The number of benzene rings is 1. The fraction of sp³-hybridized carbons (Fsp3) is 0.273. The Morgan fingerprint density at radius 1 is 1.33 bits per heavy atom. The van der Waals surface area contributed by atoms with E-state index in [4.69, 9.17) is 23.2 Å². The molecule has 1 aromatic rings. The zero-order valence-corrected chi connectivity index (χ0v) is 11.2. The van der Waals surface area contributed by atoms with E-state index in [0.29, 0.717) is 21.3 Å². The van der Waals surface area contributed by atoms with Gasteiger partial charge in [0.25, 0.3) is 5.91 Å². The lowest BCUT2D eigenvalue weighted by Gasteiger charge is -2.21. The van der Waals surface area contributed by atoms with Gasteiger partial charge >= 0.3 is 0 Å². The first-order chi connectivity index (χ1) is 8.38. The Morgan fingerprint density at radius 3 is 2.39 bits per heavy atom. The topological polar surface area (TPSA) is 64.9 Å². The Balaban J connectivity index is 2.56. The summed E-state index contributed by atoms with van der Waals surface area (Å²) in [6.07, 6.45) is 0. The normalized spacial score (nSPS) is 23.5. The second kappa shape index (κ2) is 4.51. The lowest BCUT2D eigenvalue weighted by molar-refractivity contribution is -0.134. The molecule has 0 radical (unpaired) electrons. The van der Waals surface area contributed by atoms with E-state index in [2.05, 4.69) is 5.10 Å². The number of nitrogens with zero attached hydrogens (tertiary/aromatic N) is 2. The Labute approximate surface area is 114 Å². The van der Waals surface area contributed by atoms with Crippen molar-refractivity contribution in [2.75, 3.05) is 7.05 Å². The van der Waals surface area contributed by atoms with E-state index < -0.39 is 5.54 Å². The molecule has 1 aliphatic heterocycles. The molecule has 0 saturated carbocycles. The van der Waals surface area contributed by atoms with E-state index in [9.17, 15) is 10.0 Å². The van der Waals surface area contributed by atoms with E-state index >= 15 is 0 Å². The number of hydrogen-bond acceptors (Lipinski definition) is 4. The summed E-state index contributed by atoms with van der Waals surface area (Å²) in [6.45, 7) is 1.53. The van der Waals surface area contributed by atoms with Gasteiger partial charge in [-0.25, -0.2) is 5.01 Å². The van der Waals surface area contributed by atoms with Gasteiger partial charge < -0.3 is 5.21 Å². The number of halogens is 2. The number of rotatable bonds is 2. The van der Waals surface area contributed by atoms with Crippen molar-refractivity contribution in [1.82, 2.24) is 10.5 Å². The molecule has 2 N–H and O–H groups in total. The molecule has 2 rings (SSSR count). The van der Waals surface area contributed by atoms with Crippen molar-refractivity contribution in [3.63, 3.8) is 0 Å². The number of likely N-dealkylation sites (N-methyl/N-ethyl adjacent to an activating group) is 1. The summed E-state index contributed by atoms with van der Waals surface area (Å²) in [5.74, 6) is -0.365. The maximum Gasteiger partial charge on any atom is 0.270 e. The van der Waals surface area contributed by atoms with E-state index in [1.807, 2.05) is 5.48 Å². The van der Waals surface area contributed by atoms with E-state index in [0.717, 1.165) is 5.01 Å². The summed E-state index contributed by atoms with van der Waals surface area (Å²) < 4.78 is 0. The molecule has 0 spiro atoms. The van der Waals surface area contributed by atoms with Gasteiger partial charge in [-0.2, -0.15) is 10.6 Å². The predicted octanol–water partition coefficient (Wildman–Crippen LogP) is 1.91. The highest BCUT2D eigenvalue weighted by atomic mass is 35.5. The lowest BCUT2D eigenvalue weighted by Crippen LogP contribution is -2.53. The van der Waals surface area contributed by atoms with Gasteiger partial charge in [0.15, 0.2) is 5.54 Å². The van der Waals surface area contributed by atoms with Gasteiger partial charge in [0.2, 0.25) is 0 Å². The fourth-order valence-electron chi connectivity index (χ4n) is 1.86. The predicted molar refractivity (Wildman–Crippen MR) is 69.1 cm³/mol. The fourth-order valence-corrected chi connectivity index (χ4v) is 2.38. The smallest absolute Gasteiger partial charge is 0.270 e. The Morgan fingerprint density at radius 2 is 1.89 bits per heavy atom. The highest BCUT2D eigenvalue weighted by Gasteiger charge is 2.46. The van der Waals surface area contributed by atoms with Crippen LogP contribution in [0, 0.1) is 0 Å². The molecule has 1 atom stereocenters. The Hall–Kier alpha value is -1.14. The number of amides is 1. The first-order valence-electron chi connectivity index (χ1n) is 5.13. The van der Waals surface area contributed by atoms with Gasteiger partial charge in [-0.05, 0) is 25.1 Å². The standard InChI is InChI=1S/C11H11Cl2N3O2/c1-11(15-18)9(14-16(2)10(11)17)6-3-7(12)5-8(13)4-6/h3-5,15,18H,1-2H3. The molecule has 0 fully saturated rings. The average Bonchev–Trinajstić information content (AvgIpc) is 2.53. The van der Waals surface area contributed by atoms with Gasteiger partial charge in [0, 0.05) is 22.7 Å². The van der Waals surface area contributed by atoms with Crippen molar-refractivity contribution in [2.45, 2.75) is 12.5 Å². The van der Waals surface area contributed by atoms with Gasteiger partial charge in [-0.3, -0.25) is 4.79 Å². The first kappa shape index (κ1) is 13.3. The van der Waals surface area contributed by atoms with Crippen LogP contribution in [0.15, 0.2) is 23.3 Å². The van der Waals surface area contributed by atoms with E-state index in [1.54, 1.807) is 18.2 Å².